The number of nitrogens with zero attached hydrogens (tertiary/aromatic N) is 3. The Kier molecular flexibility index (Phi) is 5.65. The summed E-state index contributed by atoms with van der Waals surface area (Å²) in [5.74, 6) is 0. The summed E-state index contributed by atoms with van der Waals surface area (Å²) >= 11 is 5.78. The van der Waals surface area contributed by atoms with Gasteiger partial charge in [-0.05, 0) is 95.6 Å². The highest BCUT2D eigenvalue weighted by Crippen LogP contribution is 2.42. The fourth-order valence-corrected chi connectivity index (χ4v) is 5.66. The summed E-state index contributed by atoms with van der Waals surface area (Å²) in [6.07, 6.45) is 1.86. The Morgan fingerprint density at radius 3 is 2.26 bits per heavy atom. The highest BCUT2D eigenvalue weighted by molar-refractivity contribution is 7.80. The minimum atomic E-state index is 0.0188. The Morgan fingerprint density at radius 1 is 1.00 bits per heavy atom. The van der Waals surface area contributed by atoms with Gasteiger partial charge in [0.25, 0.3) is 0 Å². The lowest BCUT2D eigenvalue weighted by Crippen LogP contribution is -2.35. The summed E-state index contributed by atoms with van der Waals surface area (Å²) in [7, 11) is 0. The molecule has 0 radical (unpaired) electrons. The van der Waals surface area contributed by atoms with Crippen LogP contribution in [0.1, 0.15) is 65.3 Å². The average Bonchev–Trinajstić information content (AvgIpc) is 3.19. The molecule has 3 aromatic rings. The van der Waals surface area contributed by atoms with Crippen LogP contribution in [-0.4, -0.2) is 25.6 Å². The molecule has 162 valence electrons. The Balaban J connectivity index is 1.90. The first-order valence-corrected chi connectivity index (χ1v) is 11.4. The van der Waals surface area contributed by atoms with Crippen molar-refractivity contribution in [1.29, 1.82) is 0 Å². The number of thiocarbonyl (C=S) groups is 1. The number of nitrogens with one attached hydrogen (secondary N) is 1. The smallest absolute Gasteiger partial charge is 0.170 e. The second kappa shape index (κ2) is 8.12. The van der Waals surface area contributed by atoms with Gasteiger partial charge in [0.15, 0.2) is 5.11 Å². The number of hydrogen-bond acceptors (Lipinski definition) is 2. The first-order valence-electron chi connectivity index (χ1n) is 11.0. The molecule has 0 amide bonds. The van der Waals surface area contributed by atoms with Crippen molar-refractivity contribution in [3.8, 4) is 5.69 Å². The van der Waals surface area contributed by atoms with Crippen LogP contribution in [0.2, 0.25) is 0 Å². The van der Waals surface area contributed by atoms with Gasteiger partial charge in [-0.15, -0.1) is 0 Å². The maximum Gasteiger partial charge on any atom is 0.170 e. The van der Waals surface area contributed by atoms with Crippen molar-refractivity contribution >= 4 is 17.3 Å². The van der Waals surface area contributed by atoms with E-state index in [0.29, 0.717) is 0 Å². The van der Waals surface area contributed by atoms with E-state index in [1.54, 1.807) is 0 Å². The second-order valence-corrected chi connectivity index (χ2v) is 9.42. The lowest BCUT2D eigenvalue weighted by Gasteiger charge is -2.31. The van der Waals surface area contributed by atoms with Crippen molar-refractivity contribution in [2.24, 2.45) is 0 Å². The number of pyridine rings is 1. The minimum Gasteiger partial charge on any atom is -0.352 e. The first kappa shape index (κ1) is 21.6. The molecule has 2 atom stereocenters. The van der Waals surface area contributed by atoms with E-state index in [1.165, 1.54) is 39.3 Å². The van der Waals surface area contributed by atoms with Crippen LogP contribution in [0.5, 0.6) is 0 Å². The number of rotatable bonds is 4. The fourth-order valence-electron chi connectivity index (χ4n) is 5.21. The van der Waals surface area contributed by atoms with Crippen molar-refractivity contribution in [2.75, 3.05) is 0 Å². The van der Waals surface area contributed by atoms with Crippen LogP contribution < -0.4 is 5.32 Å². The third-order valence-electron chi connectivity index (χ3n) is 6.34. The molecule has 0 unspecified atom stereocenters. The Hall–Kier alpha value is -2.66. The maximum absolute atomic E-state index is 5.78. The zero-order chi connectivity index (χ0) is 22.4. The molecule has 1 aliphatic heterocycles. The lowest BCUT2D eigenvalue weighted by molar-refractivity contribution is 0.269. The number of aryl methyl sites for hydroxylation is 4. The third kappa shape index (κ3) is 3.65. The van der Waals surface area contributed by atoms with Gasteiger partial charge in [0.05, 0.1) is 23.5 Å². The van der Waals surface area contributed by atoms with Gasteiger partial charge < -0.3 is 14.8 Å². The van der Waals surface area contributed by atoms with E-state index >= 15 is 0 Å². The fraction of sp³-hybridized carbons (Fsp3) is 0.385. The molecule has 0 bridgehead atoms. The Morgan fingerprint density at radius 2 is 1.68 bits per heavy atom. The number of hydrogen-bond donors (Lipinski definition) is 1. The monoisotopic (exact) mass is 432 g/mol. The molecule has 4 nitrogen and oxygen atoms in total. The van der Waals surface area contributed by atoms with E-state index in [9.17, 15) is 0 Å². The van der Waals surface area contributed by atoms with Crippen LogP contribution in [0.4, 0.5) is 0 Å². The summed E-state index contributed by atoms with van der Waals surface area (Å²) in [6, 6.07) is 13.4. The van der Waals surface area contributed by atoms with E-state index in [-0.39, 0.29) is 18.1 Å². The van der Waals surface area contributed by atoms with E-state index in [0.717, 1.165) is 10.8 Å². The Bertz CT molecular complexity index is 1110. The molecule has 31 heavy (non-hydrogen) atoms. The predicted octanol–water partition coefficient (Wildman–Crippen LogP) is 5.80. The molecular weight excluding hydrogens is 400 g/mol. The molecule has 1 aromatic carbocycles. The predicted molar refractivity (Wildman–Crippen MR) is 132 cm³/mol. The molecule has 4 rings (SSSR count). The third-order valence-corrected chi connectivity index (χ3v) is 6.67. The van der Waals surface area contributed by atoms with Crippen molar-refractivity contribution in [1.82, 2.24) is 19.8 Å². The summed E-state index contributed by atoms with van der Waals surface area (Å²) in [6.45, 7) is 15.4. The molecule has 1 saturated heterocycles. The number of benzene rings is 1. The molecule has 1 aliphatic rings. The van der Waals surface area contributed by atoms with Crippen LogP contribution in [0.3, 0.4) is 0 Å². The van der Waals surface area contributed by atoms with Gasteiger partial charge >= 0.3 is 0 Å². The zero-order valence-electron chi connectivity index (χ0n) is 19.5. The zero-order valence-corrected chi connectivity index (χ0v) is 20.3. The van der Waals surface area contributed by atoms with Gasteiger partial charge in [-0.3, -0.25) is 4.98 Å². The van der Waals surface area contributed by atoms with E-state index < -0.39 is 0 Å². The molecular formula is C26H32N4S. The van der Waals surface area contributed by atoms with Gasteiger partial charge in [0.2, 0.25) is 0 Å². The Labute approximate surface area is 191 Å². The average molecular weight is 433 g/mol. The van der Waals surface area contributed by atoms with Gasteiger partial charge in [-0.1, -0.05) is 23.8 Å². The van der Waals surface area contributed by atoms with Crippen LogP contribution in [0.25, 0.3) is 5.69 Å². The van der Waals surface area contributed by atoms with Crippen molar-refractivity contribution in [3.63, 3.8) is 0 Å². The van der Waals surface area contributed by atoms with Crippen LogP contribution >= 0.6 is 12.2 Å². The lowest BCUT2D eigenvalue weighted by atomic mass is 9.96. The second-order valence-electron chi connectivity index (χ2n) is 9.04. The minimum absolute atomic E-state index is 0.0188. The van der Waals surface area contributed by atoms with E-state index in [4.69, 9.17) is 12.2 Å². The van der Waals surface area contributed by atoms with Crippen LogP contribution in [0.15, 0.2) is 42.6 Å². The molecule has 1 fully saturated rings. The van der Waals surface area contributed by atoms with Gasteiger partial charge in [0, 0.05) is 23.6 Å². The summed E-state index contributed by atoms with van der Waals surface area (Å²) in [4.78, 5) is 6.99. The molecule has 2 aromatic heterocycles. The standard InChI is InChI=1S/C26H32N4S/c1-15(2)29-25(23(28-26(29)31)22-10-8-9-11-27-22)21-14-19(6)30(20(21)7)24-17(4)12-16(3)13-18(24)5/h8-15,23,25H,1-7H3,(H,28,31)/t23-,25+/m0/s1. The van der Waals surface area contributed by atoms with Gasteiger partial charge in [-0.2, -0.15) is 0 Å². The van der Waals surface area contributed by atoms with Crippen LogP contribution in [-0.2, 0) is 0 Å². The van der Waals surface area contributed by atoms with E-state index in [2.05, 4.69) is 92.5 Å². The summed E-state index contributed by atoms with van der Waals surface area (Å²) in [5, 5.41) is 4.36. The SMILES string of the molecule is Cc1cc(C)c(-n2c(C)cc([C@@H]3[C@H](c4ccccn4)NC(=S)N3C(C)C)c2C)c(C)c1. The van der Waals surface area contributed by atoms with Crippen LogP contribution in [0, 0.1) is 34.6 Å². The van der Waals surface area contributed by atoms with Gasteiger partial charge in [-0.25, -0.2) is 0 Å². The highest BCUT2D eigenvalue weighted by atomic mass is 32.1. The molecule has 0 saturated carbocycles. The van der Waals surface area contributed by atoms with Crippen molar-refractivity contribution in [3.05, 3.63) is 81.9 Å². The molecule has 3 heterocycles. The van der Waals surface area contributed by atoms with Crippen molar-refractivity contribution in [2.45, 2.75) is 66.6 Å². The maximum atomic E-state index is 5.78. The summed E-state index contributed by atoms with van der Waals surface area (Å²) in [5.41, 5.74) is 10.00. The molecule has 0 aliphatic carbocycles. The highest BCUT2D eigenvalue weighted by Gasteiger charge is 2.42. The van der Waals surface area contributed by atoms with Crippen molar-refractivity contribution < 1.29 is 0 Å². The van der Waals surface area contributed by atoms with Gasteiger partial charge in [0.1, 0.15) is 0 Å². The van der Waals surface area contributed by atoms with E-state index in [1.807, 2.05) is 18.3 Å². The molecule has 0 spiro atoms. The first-order chi connectivity index (χ1) is 14.7. The summed E-state index contributed by atoms with van der Waals surface area (Å²) < 4.78 is 2.41. The normalized spacial score (nSPS) is 18.7. The molecule has 1 N–H and O–H groups in total. The number of aromatic nitrogens is 2. The topological polar surface area (TPSA) is 33.1 Å². The molecule has 5 heteroatoms. The quantitative estimate of drug-likeness (QED) is 0.529. The largest absolute Gasteiger partial charge is 0.352 e.